The summed E-state index contributed by atoms with van der Waals surface area (Å²) in [6, 6.07) is 13.8. The van der Waals surface area contributed by atoms with Gasteiger partial charge in [0, 0.05) is 5.56 Å². The van der Waals surface area contributed by atoms with Gasteiger partial charge in [0.15, 0.2) is 0 Å². The average molecular weight is 547 g/mol. The number of Topliss-reactive ketones (excluding diaryl/α,β-unsaturated/α-hetero) is 1. The minimum Gasteiger partial charge on any atom is -0.417 e. The average Bonchev–Trinajstić information content (AvgIpc) is 3.44. The Labute approximate surface area is 230 Å². The normalized spacial score (nSPS) is 12.4. The van der Waals surface area contributed by atoms with Crippen molar-refractivity contribution in [3.05, 3.63) is 93.8 Å². The van der Waals surface area contributed by atoms with Crippen molar-refractivity contribution in [2.45, 2.75) is 52.6 Å². The molecule has 0 aliphatic rings. The maximum Gasteiger partial charge on any atom is 0.286 e. The number of carbonyl (C=O) groups excluding carboxylic acids is 2. The molecule has 0 aliphatic heterocycles. The Kier molecular flexibility index (Phi) is 7.94. The van der Waals surface area contributed by atoms with Gasteiger partial charge in [-0.1, -0.05) is 56.3 Å². The van der Waals surface area contributed by atoms with E-state index in [1.807, 2.05) is 19.9 Å². The number of nitrogens with zero attached hydrogens (tertiary/aromatic N) is 4. The number of hydrogen-bond donors (Lipinski definition) is 2. The van der Waals surface area contributed by atoms with Gasteiger partial charge < -0.3 is 15.5 Å². The second-order valence-corrected chi connectivity index (χ2v) is 10.4. The molecule has 40 heavy (non-hydrogen) atoms. The van der Waals surface area contributed by atoms with Crippen LogP contribution >= 0.6 is 0 Å². The van der Waals surface area contributed by atoms with E-state index in [9.17, 15) is 18.8 Å². The number of hydrogen-bond acceptors (Lipinski definition) is 8. The number of carbonyl (C=O) groups is 2. The topological polar surface area (TPSA) is 146 Å². The highest BCUT2D eigenvalue weighted by molar-refractivity contribution is 5.98. The van der Waals surface area contributed by atoms with Crippen LogP contribution in [0.25, 0.3) is 11.4 Å². The zero-order valence-electron chi connectivity index (χ0n) is 22.9. The van der Waals surface area contributed by atoms with Gasteiger partial charge in [-0.15, -0.1) is 10.2 Å². The largest absolute Gasteiger partial charge is 0.417 e. The lowest BCUT2D eigenvalue weighted by molar-refractivity contribution is -0.122. The molecule has 208 valence electrons. The molecular weight excluding hydrogens is 515 g/mol. The van der Waals surface area contributed by atoms with E-state index >= 15 is 0 Å². The van der Waals surface area contributed by atoms with E-state index in [1.165, 1.54) is 16.7 Å². The number of aromatic nitrogens is 4. The lowest BCUT2D eigenvalue weighted by Crippen LogP contribution is -2.46. The van der Waals surface area contributed by atoms with Crippen molar-refractivity contribution >= 4 is 17.4 Å². The molecule has 0 spiro atoms. The molecule has 3 N–H and O–H groups in total. The molecule has 2 aromatic carbocycles. The number of nitrogen functional groups attached to an aromatic ring is 1. The summed E-state index contributed by atoms with van der Waals surface area (Å²) >= 11 is 0. The van der Waals surface area contributed by atoms with Gasteiger partial charge in [0.1, 0.15) is 23.9 Å². The van der Waals surface area contributed by atoms with Crippen molar-refractivity contribution in [1.82, 2.24) is 25.1 Å². The summed E-state index contributed by atoms with van der Waals surface area (Å²) in [5.41, 5.74) is 6.22. The fourth-order valence-corrected chi connectivity index (χ4v) is 4.23. The van der Waals surface area contributed by atoms with Gasteiger partial charge in [-0.2, -0.15) is 0 Å². The zero-order chi connectivity index (χ0) is 29.2. The third kappa shape index (κ3) is 5.68. The molecule has 1 amide bonds. The van der Waals surface area contributed by atoms with Crippen molar-refractivity contribution in [3.63, 3.8) is 0 Å². The molecule has 0 saturated heterocycles. The van der Waals surface area contributed by atoms with Crippen LogP contribution in [0.15, 0.2) is 63.8 Å². The predicted molar refractivity (Wildman–Crippen MR) is 147 cm³/mol. The highest BCUT2D eigenvalue weighted by atomic mass is 19.1. The summed E-state index contributed by atoms with van der Waals surface area (Å²) in [6.45, 7) is 8.35. The van der Waals surface area contributed by atoms with Crippen LogP contribution in [-0.4, -0.2) is 37.5 Å². The van der Waals surface area contributed by atoms with E-state index < -0.39 is 35.3 Å². The zero-order valence-corrected chi connectivity index (χ0v) is 22.9. The summed E-state index contributed by atoms with van der Waals surface area (Å²) in [4.78, 5) is 44.0. The summed E-state index contributed by atoms with van der Waals surface area (Å²) in [6.07, 6.45) is 0. The Morgan fingerprint density at radius 1 is 1.07 bits per heavy atom. The van der Waals surface area contributed by atoms with Crippen LogP contribution in [-0.2, 0) is 16.8 Å². The molecule has 0 aliphatic carbocycles. The minimum absolute atomic E-state index is 0.0638. The quantitative estimate of drug-likeness (QED) is 0.302. The van der Waals surface area contributed by atoms with Gasteiger partial charge >= 0.3 is 0 Å². The van der Waals surface area contributed by atoms with Crippen molar-refractivity contribution in [3.8, 4) is 11.4 Å². The van der Waals surface area contributed by atoms with Gasteiger partial charge in [0.2, 0.25) is 17.6 Å². The predicted octanol–water partition coefficient (Wildman–Crippen LogP) is 3.67. The first-order valence-electron chi connectivity index (χ1n) is 12.8. The molecule has 0 radical (unpaired) electrons. The molecule has 0 fully saturated rings. The summed E-state index contributed by atoms with van der Waals surface area (Å²) in [5.74, 6) is -1.72. The third-order valence-corrected chi connectivity index (χ3v) is 6.73. The van der Waals surface area contributed by atoms with Gasteiger partial charge in [-0.3, -0.25) is 19.0 Å². The van der Waals surface area contributed by atoms with Crippen LogP contribution in [0.1, 0.15) is 55.5 Å². The highest BCUT2D eigenvalue weighted by Gasteiger charge is 2.34. The van der Waals surface area contributed by atoms with E-state index in [0.717, 1.165) is 5.56 Å². The molecule has 2 heterocycles. The number of aryl methyl sites for hydroxylation is 1. The van der Waals surface area contributed by atoms with Crippen molar-refractivity contribution in [1.29, 1.82) is 0 Å². The van der Waals surface area contributed by atoms with Crippen LogP contribution in [0, 0.1) is 18.7 Å². The minimum atomic E-state index is -1.01. The Hall–Kier alpha value is -4.67. The van der Waals surface area contributed by atoms with Crippen LogP contribution in [0.2, 0.25) is 0 Å². The maximum absolute atomic E-state index is 13.4. The van der Waals surface area contributed by atoms with Crippen LogP contribution in [0.5, 0.6) is 0 Å². The van der Waals surface area contributed by atoms with E-state index in [4.69, 9.17) is 10.2 Å². The third-order valence-electron chi connectivity index (χ3n) is 6.73. The molecule has 10 nitrogen and oxygen atoms in total. The van der Waals surface area contributed by atoms with Crippen molar-refractivity contribution in [2.75, 3.05) is 5.73 Å². The van der Waals surface area contributed by atoms with Crippen LogP contribution < -0.4 is 16.6 Å². The van der Waals surface area contributed by atoms with Crippen molar-refractivity contribution < 1.29 is 18.4 Å². The number of halogens is 1. The molecular formula is C29H31FN6O4. The van der Waals surface area contributed by atoms with Gasteiger partial charge in [-0.05, 0) is 44.4 Å². The van der Waals surface area contributed by atoms with E-state index in [-0.39, 0.29) is 35.0 Å². The van der Waals surface area contributed by atoms with Gasteiger partial charge in [0.25, 0.3) is 11.4 Å². The number of rotatable bonds is 9. The first-order valence-corrected chi connectivity index (χ1v) is 12.8. The molecule has 0 saturated carbocycles. The number of nitrogens with one attached hydrogen (secondary N) is 1. The van der Waals surface area contributed by atoms with Gasteiger partial charge in [0.05, 0.1) is 17.2 Å². The molecule has 0 bridgehead atoms. The SMILES string of the molecule is Cc1nc(-c2ccccc2)n(CC(=O)NC(C(=O)c2nnc(C(C)(C)c3ccc(F)cc3)o2)C(C)C)c(=O)c1N. The second-order valence-electron chi connectivity index (χ2n) is 10.4. The van der Waals surface area contributed by atoms with E-state index in [1.54, 1.807) is 57.2 Å². The Morgan fingerprint density at radius 2 is 1.73 bits per heavy atom. The molecule has 1 unspecified atom stereocenters. The van der Waals surface area contributed by atoms with E-state index in [2.05, 4.69) is 20.5 Å². The summed E-state index contributed by atoms with van der Waals surface area (Å²) in [5, 5.41) is 10.7. The molecule has 2 aromatic heterocycles. The smallest absolute Gasteiger partial charge is 0.286 e. The fraction of sp³-hybridized carbons (Fsp3) is 0.310. The van der Waals surface area contributed by atoms with Crippen LogP contribution in [0.4, 0.5) is 10.1 Å². The number of ketones is 1. The number of anilines is 1. The Bertz CT molecular complexity index is 1590. The van der Waals surface area contributed by atoms with Crippen molar-refractivity contribution in [2.24, 2.45) is 5.92 Å². The molecule has 11 heteroatoms. The Balaban J connectivity index is 1.58. The fourth-order valence-electron chi connectivity index (χ4n) is 4.23. The van der Waals surface area contributed by atoms with Gasteiger partial charge in [-0.25, -0.2) is 9.37 Å². The monoisotopic (exact) mass is 546 g/mol. The highest BCUT2D eigenvalue weighted by Crippen LogP contribution is 2.31. The number of amides is 1. The van der Waals surface area contributed by atoms with Crippen LogP contribution in [0.3, 0.4) is 0 Å². The maximum atomic E-state index is 13.4. The Morgan fingerprint density at radius 3 is 2.35 bits per heavy atom. The summed E-state index contributed by atoms with van der Waals surface area (Å²) < 4.78 is 20.3. The lowest BCUT2D eigenvalue weighted by atomic mass is 9.84. The molecule has 4 rings (SSSR count). The first kappa shape index (κ1) is 28.3. The lowest BCUT2D eigenvalue weighted by Gasteiger charge is -2.21. The number of benzene rings is 2. The summed E-state index contributed by atoms with van der Waals surface area (Å²) in [7, 11) is 0. The number of nitrogens with two attached hydrogens (primary N) is 1. The second kappa shape index (κ2) is 11.2. The first-order chi connectivity index (χ1) is 18.9. The molecule has 1 atom stereocenters. The molecule has 4 aromatic rings. The van der Waals surface area contributed by atoms with E-state index in [0.29, 0.717) is 11.3 Å². The standard InChI is InChI=1S/C29H31FN6O4/c1-16(2)23(24(38)26-34-35-28(40-26)29(4,5)19-11-13-20(30)14-12-19)33-21(37)15-36-25(18-9-7-6-8-10-18)32-17(3)22(31)27(36)39/h6-14,16,23H,15,31H2,1-5H3,(H,33,37).